The highest BCUT2D eigenvalue weighted by Crippen LogP contribution is 1.99. The van der Waals surface area contributed by atoms with Crippen molar-refractivity contribution in [1.29, 1.82) is 0 Å². The zero-order valence-corrected chi connectivity index (χ0v) is 25.2. The molecule has 0 aromatic carbocycles. The van der Waals surface area contributed by atoms with Crippen LogP contribution >= 0.6 is 0 Å². The average molecular weight is 587 g/mol. The van der Waals surface area contributed by atoms with Gasteiger partial charge in [-0.3, -0.25) is 0 Å². The molecule has 12 nitrogen and oxygen atoms in total. The fourth-order valence-electron chi connectivity index (χ4n) is 3.01. The molecule has 0 aliphatic rings. The van der Waals surface area contributed by atoms with Crippen LogP contribution in [0, 0.1) is 0 Å². The first-order valence-electron chi connectivity index (χ1n) is 14.9. The van der Waals surface area contributed by atoms with Gasteiger partial charge in [-0.15, -0.1) is 0 Å². The lowest BCUT2D eigenvalue weighted by Gasteiger charge is -2.12. The molecular weight excluding hydrogens is 528 g/mol. The summed E-state index contributed by atoms with van der Waals surface area (Å²) in [7, 11) is 0. The molecule has 242 valence electrons. The van der Waals surface area contributed by atoms with Crippen molar-refractivity contribution in [2.24, 2.45) is 0 Å². The smallest absolute Gasteiger partial charge is 0.178 e. The van der Waals surface area contributed by atoms with Gasteiger partial charge in [0.1, 0.15) is 0 Å². The number of aliphatic hydroxyl groups excluding tert-OH is 1. The van der Waals surface area contributed by atoms with Crippen LogP contribution in [0.2, 0.25) is 0 Å². The molecule has 0 aromatic rings. The van der Waals surface area contributed by atoms with Crippen LogP contribution in [0.15, 0.2) is 0 Å². The third kappa shape index (κ3) is 35.5. The molecule has 0 aliphatic heterocycles. The van der Waals surface area contributed by atoms with Gasteiger partial charge in [0.05, 0.1) is 126 Å². The second-order valence-electron chi connectivity index (χ2n) is 8.56. The minimum atomic E-state index is -0.913. The van der Waals surface area contributed by atoms with Crippen molar-refractivity contribution in [3.05, 3.63) is 0 Å². The Labute approximate surface area is 242 Å². The molecule has 0 rings (SSSR count). The number of hydrogen-bond donors (Lipinski definition) is 1. The van der Waals surface area contributed by atoms with Crippen LogP contribution < -0.4 is 0 Å². The molecule has 0 heterocycles. The maximum atomic E-state index is 9.68. The molecule has 0 aromatic heterocycles. The summed E-state index contributed by atoms with van der Waals surface area (Å²) in [5, 5.41) is 9.68. The normalized spacial score (nSPS) is 12.4. The van der Waals surface area contributed by atoms with Crippen LogP contribution in [-0.2, 0) is 52.1 Å². The van der Waals surface area contributed by atoms with Gasteiger partial charge in [0.15, 0.2) is 6.29 Å². The lowest BCUT2D eigenvalue weighted by molar-refractivity contribution is -0.147. The van der Waals surface area contributed by atoms with Crippen molar-refractivity contribution < 1.29 is 57.2 Å². The molecule has 0 aliphatic carbocycles. The fourth-order valence-corrected chi connectivity index (χ4v) is 3.01. The number of ether oxygens (including phenoxy) is 11. The van der Waals surface area contributed by atoms with Gasteiger partial charge in [-0.1, -0.05) is 26.2 Å². The predicted molar refractivity (Wildman–Crippen MR) is 150 cm³/mol. The Morgan fingerprint density at radius 3 is 1.07 bits per heavy atom. The summed E-state index contributed by atoms with van der Waals surface area (Å²) in [5.41, 5.74) is 0. The van der Waals surface area contributed by atoms with Crippen molar-refractivity contribution in [3.63, 3.8) is 0 Å². The van der Waals surface area contributed by atoms with E-state index in [4.69, 9.17) is 52.1 Å². The zero-order chi connectivity index (χ0) is 29.0. The van der Waals surface area contributed by atoms with Crippen LogP contribution in [0.4, 0.5) is 0 Å². The Kier molecular flexibility index (Phi) is 36.1. The Morgan fingerprint density at radius 2 is 0.725 bits per heavy atom. The topological polar surface area (TPSA) is 122 Å². The summed E-state index contributed by atoms with van der Waals surface area (Å²) < 4.78 is 59.2. The molecule has 1 atom stereocenters. The fraction of sp³-hybridized carbons (Fsp3) is 1.00. The van der Waals surface area contributed by atoms with Gasteiger partial charge < -0.3 is 57.2 Å². The van der Waals surface area contributed by atoms with Gasteiger partial charge in [-0.25, -0.2) is 0 Å². The van der Waals surface area contributed by atoms with Gasteiger partial charge in [0.2, 0.25) is 0 Å². The molecule has 1 unspecified atom stereocenters. The van der Waals surface area contributed by atoms with E-state index in [1.807, 2.05) is 6.92 Å². The van der Waals surface area contributed by atoms with Crippen LogP contribution in [-0.4, -0.2) is 150 Å². The van der Waals surface area contributed by atoms with Gasteiger partial charge in [0.25, 0.3) is 0 Å². The van der Waals surface area contributed by atoms with Crippen molar-refractivity contribution >= 4 is 0 Å². The first-order chi connectivity index (χ1) is 19.8. The van der Waals surface area contributed by atoms with E-state index in [1.165, 1.54) is 12.8 Å². The van der Waals surface area contributed by atoms with E-state index >= 15 is 0 Å². The Balaban J connectivity index is 3.08. The molecule has 40 heavy (non-hydrogen) atoms. The van der Waals surface area contributed by atoms with Crippen LogP contribution in [0.25, 0.3) is 0 Å². The third-order valence-electron chi connectivity index (χ3n) is 5.12. The van der Waals surface area contributed by atoms with Crippen LogP contribution in [0.3, 0.4) is 0 Å². The lowest BCUT2D eigenvalue weighted by atomic mass is 10.2. The minimum absolute atomic E-state index is 0.189. The summed E-state index contributed by atoms with van der Waals surface area (Å²) in [6, 6.07) is 0. The lowest BCUT2D eigenvalue weighted by Crippen LogP contribution is -2.22. The molecule has 0 radical (unpaired) electrons. The maximum absolute atomic E-state index is 9.68. The van der Waals surface area contributed by atoms with Crippen molar-refractivity contribution in [3.8, 4) is 0 Å². The minimum Gasteiger partial charge on any atom is -0.379 e. The SMILES string of the molecule is CCCCCCOCC(O)OCCOCCOCCOCCOCCOCCOCCOCCOCCOCC. The van der Waals surface area contributed by atoms with E-state index in [-0.39, 0.29) is 6.61 Å². The first-order valence-corrected chi connectivity index (χ1v) is 14.9. The van der Waals surface area contributed by atoms with Gasteiger partial charge in [-0.05, 0) is 13.3 Å². The van der Waals surface area contributed by atoms with E-state index in [9.17, 15) is 5.11 Å². The highest BCUT2D eigenvalue weighted by Gasteiger charge is 2.04. The Bertz CT molecular complexity index is 448. The maximum Gasteiger partial charge on any atom is 0.178 e. The van der Waals surface area contributed by atoms with Gasteiger partial charge in [0, 0.05) is 13.2 Å². The van der Waals surface area contributed by atoms with E-state index in [2.05, 4.69) is 6.92 Å². The summed E-state index contributed by atoms with van der Waals surface area (Å²) in [5.74, 6) is 0. The highest BCUT2D eigenvalue weighted by atomic mass is 16.6. The monoisotopic (exact) mass is 586 g/mol. The largest absolute Gasteiger partial charge is 0.379 e. The molecule has 0 spiro atoms. The standard InChI is InChI=1S/C28H58O12/c1-3-5-6-7-8-39-27-28(29)40-26-25-38-24-23-37-22-21-36-20-19-35-18-17-34-16-15-33-14-13-32-12-11-31-10-9-30-4-2/h28-29H,3-27H2,1-2H3. The number of aliphatic hydroxyl groups is 1. The molecular formula is C28H58O12. The molecule has 12 heteroatoms. The van der Waals surface area contributed by atoms with E-state index in [0.717, 1.165) is 12.8 Å². The summed E-state index contributed by atoms with van der Waals surface area (Å²) >= 11 is 0. The van der Waals surface area contributed by atoms with E-state index in [1.54, 1.807) is 0 Å². The first kappa shape index (κ1) is 39.5. The van der Waals surface area contributed by atoms with Crippen LogP contribution in [0.1, 0.15) is 39.5 Å². The number of unbranched alkanes of at least 4 members (excludes halogenated alkanes) is 3. The number of hydrogen-bond acceptors (Lipinski definition) is 12. The van der Waals surface area contributed by atoms with E-state index in [0.29, 0.717) is 132 Å². The molecule has 0 saturated carbocycles. The van der Waals surface area contributed by atoms with Gasteiger partial charge in [-0.2, -0.15) is 0 Å². The predicted octanol–water partition coefficient (Wildman–Crippen LogP) is 2.09. The molecule has 0 saturated heterocycles. The van der Waals surface area contributed by atoms with E-state index < -0.39 is 6.29 Å². The van der Waals surface area contributed by atoms with Crippen molar-refractivity contribution in [1.82, 2.24) is 0 Å². The van der Waals surface area contributed by atoms with Crippen molar-refractivity contribution in [2.75, 3.05) is 139 Å². The van der Waals surface area contributed by atoms with Gasteiger partial charge >= 0.3 is 0 Å². The van der Waals surface area contributed by atoms with Crippen LogP contribution in [0.5, 0.6) is 0 Å². The highest BCUT2D eigenvalue weighted by molar-refractivity contribution is 4.43. The summed E-state index contributed by atoms with van der Waals surface area (Å²) in [4.78, 5) is 0. The Morgan fingerprint density at radius 1 is 0.375 bits per heavy atom. The number of rotatable bonds is 36. The second kappa shape index (κ2) is 36.5. The zero-order valence-electron chi connectivity index (χ0n) is 25.2. The second-order valence-corrected chi connectivity index (χ2v) is 8.56. The average Bonchev–Trinajstić information content (AvgIpc) is 2.96. The molecule has 0 fully saturated rings. The molecule has 0 amide bonds. The Hall–Kier alpha value is -0.480. The molecule has 1 N–H and O–H groups in total. The third-order valence-corrected chi connectivity index (χ3v) is 5.12. The quantitative estimate of drug-likeness (QED) is 0.0855. The van der Waals surface area contributed by atoms with Crippen molar-refractivity contribution in [2.45, 2.75) is 45.8 Å². The summed E-state index contributed by atoms with van der Waals surface area (Å²) in [6.45, 7) is 14.8. The molecule has 0 bridgehead atoms. The summed E-state index contributed by atoms with van der Waals surface area (Å²) in [6.07, 6.45) is 3.67.